The normalized spacial score (nSPS) is 22.1. The number of hydrogen-bond donors (Lipinski definition) is 0. The van der Waals surface area contributed by atoms with Gasteiger partial charge in [0.05, 0.1) is 63.4 Å². The van der Waals surface area contributed by atoms with Crippen molar-refractivity contribution < 1.29 is 71.2 Å². The van der Waals surface area contributed by atoms with Crippen LogP contribution >= 0.6 is 0 Å². The van der Waals surface area contributed by atoms with E-state index in [-0.39, 0.29) is 61.5 Å². The Bertz CT molecular complexity index is 3240. The van der Waals surface area contributed by atoms with Crippen LogP contribution in [0.4, 0.5) is 0 Å². The number of aromatic nitrogens is 1. The zero-order valence-electron chi connectivity index (χ0n) is 45.5. The summed E-state index contributed by atoms with van der Waals surface area (Å²) in [6.45, 7) is 0.285. The van der Waals surface area contributed by atoms with Crippen molar-refractivity contribution >= 4 is 17.9 Å². The van der Waals surface area contributed by atoms with E-state index < -0.39 is 85.9 Å². The topological polar surface area (TPSA) is 175 Å². The van der Waals surface area contributed by atoms with E-state index in [1.54, 1.807) is 109 Å². The third-order valence-corrected chi connectivity index (χ3v) is 13.8. The summed E-state index contributed by atoms with van der Waals surface area (Å²) in [7, 11) is 1.45. The summed E-state index contributed by atoms with van der Waals surface area (Å²) in [4.78, 5) is 47.7. The second kappa shape index (κ2) is 29.4. The van der Waals surface area contributed by atoms with Gasteiger partial charge in [-0.05, 0) is 58.7 Å². The van der Waals surface area contributed by atoms with Crippen LogP contribution in [0.25, 0.3) is 0 Å². The Morgan fingerprint density at radius 1 is 0.361 bits per heavy atom. The Balaban J connectivity index is 1.05. The number of carbonyl (C=O) groups is 3. The van der Waals surface area contributed by atoms with Crippen molar-refractivity contribution in [1.82, 2.24) is 4.98 Å². The van der Waals surface area contributed by atoms with Crippen LogP contribution in [-0.2, 0) is 73.8 Å². The maximum Gasteiger partial charge on any atom is 0.338 e. The first-order valence-corrected chi connectivity index (χ1v) is 27.3. The van der Waals surface area contributed by atoms with Crippen LogP contribution < -0.4 is 9.47 Å². The lowest BCUT2D eigenvalue weighted by molar-refractivity contribution is -0.340. The summed E-state index contributed by atoms with van der Waals surface area (Å²) in [5.41, 5.74) is 4.10. The molecule has 3 heterocycles. The van der Waals surface area contributed by atoms with E-state index in [0.717, 1.165) is 22.3 Å². The molecule has 0 amide bonds. The number of methoxy groups -OCH3 is 1. The summed E-state index contributed by atoms with van der Waals surface area (Å²) in [6, 6.07) is 68.5. The summed E-state index contributed by atoms with van der Waals surface area (Å²) < 4.78 is 79.3. The van der Waals surface area contributed by atoms with Crippen LogP contribution in [0.1, 0.15) is 53.3 Å². The highest BCUT2D eigenvalue weighted by Gasteiger charge is 2.56. The van der Waals surface area contributed by atoms with E-state index in [2.05, 4.69) is 4.98 Å². The molecule has 426 valence electrons. The van der Waals surface area contributed by atoms with Gasteiger partial charge in [0, 0.05) is 12.1 Å². The molecule has 1 aromatic heterocycles. The second-order valence-electron chi connectivity index (χ2n) is 19.5. The number of esters is 3. The Hall–Kier alpha value is -8.58. The average molecular weight is 1120 g/mol. The van der Waals surface area contributed by atoms with Gasteiger partial charge in [-0.2, -0.15) is 4.98 Å². The molecule has 0 radical (unpaired) electrons. The fraction of sp³-hybridized carbons (Fsp3) is 0.254. The molecule has 16 nitrogen and oxygen atoms in total. The third kappa shape index (κ3) is 15.9. The molecule has 16 heteroatoms. The predicted molar refractivity (Wildman–Crippen MR) is 303 cm³/mol. The van der Waals surface area contributed by atoms with Gasteiger partial charge in [-0.15, -0.1) is 0 Å². The van der Waals surface area contributed by atoms with E-state index in [9.17, 15) is 14.4 Å². The molecule has 0 spiro atoms. The van der Waals surface area contributed by atoms with Crippen molar-refractivity contribution in [2.24, 2.45) is 0 Å². The molecular weight excluding hydrogens is 1060 g/mol. The highest BCUT2D eigenvalue weighted by molar-refractivity contribution is 5.91. The van der Waals surface area contributed by atoms with E-state index >= 15 is 0 Å². The maximum absolute atomic E-state index is 14.5. The van der Waals surface area contributed by atoms with Gasteiger partial charge in [0.1, 0.15) is 30.5 Å². The summed E-state index contributed by atoms with van der Waals surface area (Å²) >= 11 is 0. The van der Waals surface area contributed by atoms with Crippen molar-refractivity contribution in [2.75, 3.05) is 20.3 Å². The maximum atomic E-state index is 14.5. The molecule has 0 aliphatic carbocycles. The second-order valence-corrected chi connectivity index (χ2v) is 19.5. The van der Waals surface area contributed by atoms with Crippen molar-refractivity contribution in [3.63, 3.8) is 0 Å². The van der Waals surface area contributed by atoms with Crippen molar-refractivity contribution in [2.45, 2.75) is 87.8 Å². The van der Waals surface area contributed by atoms with Gasteiger partial charge in [-0.25, -0.2) is 14.4 Å². The molecule has 8 aromatic rings. The number of pyridine rings is 1. The minimum absolute atomic E-state index is 0.00840. The third-order valence-electron chi connectivity index (χ3n) is 13.8. The number of ether oxygens (including phenoxy) is 12. The molecule has 2 fully saturated rings. The Morgan fingerprint density at radius 2 is 0.747 bits per heavy atom. The van der Waals surface area contributed by atoms with Crippen LogP contribution in [0.2, 0.25) is 0 Å². The molecule has 0 N–H and O–H groups in total. The van der Waals surface area contributed by atoms with E-state index in [1.165, 1.54) is 7.11 Å². The minimum Gasteiger partial charge on any atom is -0.481 e. The van der Waals surface area contributed by atoms with Gasteiger partial charge in [-0.3, -0.25) is 0 Å². The van der Waals surface area contributed by atoms with E-state index in [0.29, 0.717) is 0 Å². The molecule has 0 saturated carbocycles. The molecule has 2 saturated heterocycles. The standard InChI is InChI=1S/C67H63NO15/c1-72-55-38-23-39-56(68-55)80-67-62(83-65(71)52-36-21-8-22-37-52)60(82-64(70)51-34-19-7-20-35-51)58(81-63(69)50-32-17-6-18-33-50)54(79-67)45-77-66-61(76-43-49-30-15-5-16-31-49)59(75-42-48-28-13-4-14-29-48)57(74-41-47-26-11-3-12-27-47)53(78-66)44-73-40-46-24-9-2-10-25-46/h2-39,53-54,57-62,66-67H,40-45H2,1H3/t53-,54-,57-,58-,59+,60+,61-,62-,66-,67-/m1/s1. The molecule has 0 bridgehead atoms. The predicted octanol–water partition coefficient (Wildman–Crippen LogP) is 10.6. The molecular formula is C67H63NO15. The van der Waals surface area contributed by atoms with Crippen molar-refractivity contribution in [1.29, 1.82) is 0 Å². The van der Waals surface area contributed by atoms with Gasteiger partial charge in [0.15, 0.2) is 18.5 Å². The summed E-state index contributed by atoms with van der Waals surface area (Å²) in [6.07, 6.45) is -12.7. The highest BCUT2D eigenvalue weighted by atomic mass is 16.8. The van der Waals surface area contributed by atoms with Crippen LogP contribution in [-0.4, -0.2) is 105 Å². The molecule has 2 aliphatic rings. The fourth-order valence-electron chi connectivity index (χ4n) is 9.57. The first-order chi connectivity index (χ1) is 40.8. The van der Waals surface area contributed by atoms with Gasteiger partial charge in [-0.1, -0.05) is 182 Å². The summed E-state index contributed by atoms with van der Waals surface area (Å²) in [5.74, 6) is -2.28. The number of rotatable bonds is 25. The van der Waals surface area contributed by atoms with Gasteiger partial charge in [0.2, 0.25) is 24.2 Å². The monoisotopic (exact) mass is 1120 g/mol. The Morgan fingerprint density at radius 3 is 1.23 bits per heavy atom. The zero-order chi connectivity index (χ0) is 57.0. The van der Waals surface area contributed by atoms with Crippen LogP contribution in [0.5, 0.6) is 11.8 Å². The molecule has 0 unspecified atom stereocenters. The van der Waals surface area contributed by atoms with Gasteiger partial charge < -0.3 is 56.8 Å². The number of benzene rings is 7. The van der Waals surface area contributed by atoms with Crippen LogP contribution in [0.3, 0.4) is 0 Å². The van der Waals surface area contributed by atoms with Crippen molar-refractivity contribution in [3.05, 3.63) is 269 Å². The van der Waals surface area contributed by atoms with Gasteiger partial charge in [0.25, 0.3) is 0 Å². The highest BCUT2D eigenvalue weighted by Crippen LogP contribution is 2.36. The molecule has 10 atom stereocenters. The first kappa shape index (κ1) is 57.6. The first-order valence-electron chi connectivity index (χ1n) is 27.3. The molecule has 83 heavy (non-hydrogen) atoms. The van der Waals surface area contributed by atoms with E-state index in [1.807, 2.05) is 121 Å². The lowest BCUT2D eigenvalue weighted by Gasteiger charge is -2.47. The van der Waals surface area contributed by atoms with E-state index in [4.69, 9.17) is 56.8 Å². The molecule has 2 aliphatic heterocycles. The number of nitrogens with zero attached hydrogens (tertiary/aromatic N) is 1. The number of carbonyl (C=O) groups excluding carboxylic acids is 3. The van der Waals surface area contributed by atoms with Crippen LogP contribution in [0.15, 0.2) is 231 Å². The quantitative estimate of drug-likeness (QED) is 0.0390. The minimum atomic E-state index is -1.64. The molecule has 10 rings (SSSR count). The Labute approximate surface area is 481 Å². The summed E-state index contributed by atoms with van der Waals surface area (Å²) in [5, 5.41) is 0. The Kier molecular flexibility index (Phi) is 20.4. The lowest BCUT2D eigenvalue weighted by atomic mass is 9.96. The zero-order valence-corrected chi connectivity index (χ0v) is 45.5. The largest absolute Gasteiger partial charge is 0.481 e. The SMILES string of the molecule is COc1cccc(O[C@H]2O[C@H](CO[C@@H]3O[C@H](COCc4ccccc4)[C@@H](OCc4ccccc4)[C@H](OCc4ccccc4)[C@H]3OCc3ccccc3)[C@@H](OC(=O)c3ccccc3)[C@H](OC(=O)c3ccccc3)[C@H]2OC(=O)c2ccccc2)n1. The molecule has 7 aromatic carbocycles. The average Bonchev–Trinajstić information content (AvgIpc) is 3.74. The van der Waals surface area contributed by atoms with Gasteiger partial charge >= 0.3 is 17.9 Å². The fourth-order valence-corrected chi connectivity index (χ4v) is 9.57. The van der Waals surface area contributed by atoms with Crippen LogP contribution in [0, 0.1) is 0 Å². The lowest BCUT2D eigenvalue weighted by Crippen LogP contribution is -2.65. The smallest absolute Gasteiger partial charge is 0.338 e. The van der Waals surface area contributed by atoms with Crippen molar-refractivity contribution in [3.8, 4) is 11.8 Å². The number of hydrogen-bond acceptors (Lipinski definition) is 16.